The summed E-state index contributed by atoms with van der Waals surface area (Å²) in [4.78, 5) is 36.2. The molecule has 8 nitrogen and oxygen atoms in total. The van der Waals surface area contributed by atoms with Crippen LogP contribution in [0.5, 0.6) is 5.75 Å². The Hall–Kier alpha value is -3.81. The number of hydrogen-bond acceptors (Lipinski definition) is 6. The van der Waals surface area contributed by atoms with Crippen molar-refractivity contribution >= 4 is 23.7 Å². The molecule has 1 aliphatic heterocycles. The van der Waals surface area contributed by atoms with Gasteiger partial charge in [-0.3, -0.25) is 19.7 Å². The second-order valence-electron chi connectivity index (χ2n) is 9.17. The number of ether oxygens (including phenoxy) is 1. The number of carbonyl (C=O) groups excluding carboxylic acids is 2. The number of amides is 2. The summed E-state index contributed by atoms with van der Waals surface area (Å²) in [5.74, 6) is 1.31. The predicted molar refractivity (Wildman–Crippen MR) is 118 cm³/mol. The third kappa shape index (κ3) is 3.25. The molecule has 1 saturated heterocycles. The molecule has 2 amide bonds. The van der Waals surface area contributed by atoms with Crippen LogP contribution in [0.1, 0.15) is 17.5 Å². The molecular formula is C25H21N3O5. The van der Waals surface area contributed by atoms with Crippen molar-refractivity contribution in [3.63, 3.8) is 0 Å². The number of nitro groups is 1. The number of non-ortho nitro benzene ring substituents is 1. The minimum atomic E-state index is -0.439. The average molecular weight is 443 g/mol. The van der Waals surface area contributed by atoms with Crippen LogP contribution in [-0.2, 0) is 16.2 Å². The van der Waals surface area contributed by atoms with E-state index in [0.29, 0.717) is 17.6 Å². The van der Waals surface area contributed by atoms with E-state index in [1.807, 2.05) is 0 Å². The summed E-state index contributed by atoms with van der Waals surface area (Å²) in [6.45, 7) is 0.281. The lowest BCUT2D eigenvalue weighted by atomic mass is 9.63. The third-order valence-corrected chi connectivity index (χ3v) is 7.39. The predicted octanol–water partition coefficient (Wildman–Crippen LogP) is 3.56. The lowest BCUT2D eigenvalue weighted by Crippen LogP contribution is -2.40. The van der Waals surface area contributed by atoms with Crippen molar-refractivity contribution in [2.45, 2.75) is 13.0 Å². The van der Waals surface area contributed by atoms with E-state index < -0.39 is 4.92 Å². The Morgan fingerprint density at radius 3 is 2.15 bits per heavy atom. The van der Waals surface area contributed by atoms with E-state index in [-0.39, 0.29) is 47.8 Å². The highest BCUT2D eigenvalue weighted by Crippen LogP contribution is 2.65. The number of hydrazone groups is 1. The summed E-state index contributed by atoms with van der Waals surface area (Å²) in [5, 5.41) is 16.1. The number of rotatable bonds is 6. The minimum absolute atomic E-state index is 0.0392. The first-order valence-corrected chi connectivity index (χ1v) is 11.1. The molecule has 0 aromatic heterocycles. The third-order valence-electron chi connectivity index (χ3n) is 7.39. The molecule has 2 aromatic rings. The van der Waals surface area contributed by atoms with Crippen LogP contribution in [0.4, 0.5) is 5.69 Å². The van der Waals surface area contributed by atoms with Crippen LogP contribution in [0.2, 0.25) is 0 Å². The van der Waals surface area contributed by atoms with Gasteiger partial charge in [-0.05, 0) is 77.6 Å². The van der Waals surface area contributed by atoms with Gasteiger partial charge in [0.2, 0.25) is 0 Å². The van der Waals surface area contributed by atoms with Crippen LogP contribution in [-0.4, -0.2) is 28.0 Å². The van der Waals surface area contributed by atoms with Gasteiger partial charge in [-0.1, -0.05) is 12.2 Å². The summed E-state index contributed by atoms with van der Waals surface area (Å²) in [6.07, 6.45) is 6.96. The topological polar surface area (TPSA) is 102 Å². The molecule has 2 aromatic carbocycles. The highest BCUT2D eigenvalue weighted by atomic mass is 16.6. The maximum absolute atomic E-state index is 13.0. The van der Waals surface area contributed by atoms with E-state index in [2.05, 4.69) is 17.3 Å². The van der Waals surface area contributed by atoms with E-state index in [0.717, 1.165) is 22.6 Å². The number of hydrogen-bond donors (Lipinski definition) is 0. The van der Waals surface area contributed by atoms with Gasteiger partial charge in [0.25, 0.3) is 17.5 Å². The van der Waals surface area contributed by atoms with E-state index in [1.165, 1.54) is 18.3 Å². The summed E-state index contributed by atoms with van der Waals surface area (Å²) >= 11 is 0. The second-order valence-corrected chi connectivity index (χ2v) is 9.17. The highest BCUT2D eigenvalue weighted by Gasteiger charge is 2.67. The first kappa shape index (κ1) is 19.8. The maximum Gasteiger partial charge on any atom is 0.269 e. The van der Waals surface area contributed by atoms with Crippen LogP contribution in [0.25, 0.3) is 0 Å². The fourth-order valence-corrected chi connectivity index (χ4v) is 5.71. The van der Waals surface area contributed by atoms with Crippen LogP contribution >= 0.6 is 0 Å². The minimum Gasteiger partial charge on any atom is -0.489 e. The molecule has 2 bridgehead atoms. The highest BCUT2D eigenvalue weighted by molar-refractivity contribution is 6.06. The molecule has 0 spiro atoms. The Morgan fingerprint density at radius 2 is 1.58 bits per heavy atom. The van der Waals surface area contributed by atoms with Crippen LogP contribution < -0.4 is 4.74 Å². The molecule has 6 atom stereocenters. The molecular weight excluding hydrogens is 422 g/mol. The van der Waals surface area contributed by atoms with Crippen LogP contribution in [0.3, 0.4) is 0 Å². The molecule has 33 heavy (non-hydrogen) atoms. The molecule has 1 heterocycles. The van der Waals surface area contributed by atoms with Gasteiger partial charge in [0.1, 0.15) is 12.4 Å². The zero-order valence-corrected chi connectivity index (χ0v) is 17.6. The fraction of sp³-hybridized carbons (Fsp3) is 0.320. The molecule has 5 aliphatic rings. The first-order chi connectivity index (χ1) is 16.0. The van der Waals surface area contributed by atoms with Gasteiger partial charge in [-0.15, -0.1) is 0 Å². The van der Waals surface area contributed by atoms with E-state index in [1.54, 1.807) is 36.4 Å². The molecule has 7 rings (SSSR count). The Bertz CT molecular complexity index is 1170. The average Bonchev–Trinajstić information content (AvgIpc) is 3.62. The number of carbonyl (C=O) groups is 2. The van der Waals surface area contributed by atoms with Gasteiger partial charge >= 0.3 is 0 Å². The molecule has 3 fully saturated rings. The fourth-order valence-electron chi connectivity index (χ4n) is 5.71. The molecule has 2 saturated carbocycles. The summed E-state index contributed by atoms with van der Waals surface area (Å²) < 4.78 is 5.73. The smallest absolute Gasteiger partial charge is 0.269 e. The largest absolute Gasteiger partial charge is 0.489 e. The van der Waals surface area contributed by atoms with E-state index in [9.17, 15) is 19.7 Å². The monoisotopic (exact) mass is 443 g/mol. The van der Waals surface area contributed by atoms with Crippen LogP contribution in [0.15, 0.2) is 65.8 Å². The summed E-state index contributed by atoms with van der Waals surface area (Å²) in [7, 11) is 0. The SMILES string of the molecule is O=C1[C@H]2[C@@H]3C=C[C@H]([C@H]4C[C@H]34)[C@@H]2C(=O)N1/N=C\c1ccc(OCc2ccc([N+](=O)[O-])cc2)cc1. The number of nitrogens with zero attached hydrogens (tertiary/aromatic N) is 3. The number of nitro benzene ring substituents is 1. The van der Waals surface area contributed by atoms with Gasteiger partial charge in [0.05, 0.1) is 23.0 Å². The summed E-state index contributed by atoms with van der Waals surface area (Å²) in [6, 6.07) is 13.4. The van der Waals surface area contributed by atoms with Crippen molar-refractivity contribution in [1.29, 1.82) is 0 Å². The maximum atomic E-state index is 13.0. The lowest BCUT2D eigenvalue weighted by Gasteiger charge is -2.37. The van der Waals surface area contributed by atoms with Crippen molar-refractivity contribution in [2.75, 3.05) is 0 Å². The Labute approximate surface area is 189 Å². The lowest BCUT2D eigenvalue weighted by molar-refractivity contribution is -0.384. The quantitative estimate of drug-likeness (QED) is 0.223. The van der Waals surface area contributed by atoms with Gasteiger partial charge in [-0.2, -0.15) is 10.1 Å². The first-order valence-electron chi connectivity index (χ1n) is 11.1. The van der Waals surface area contributed by atoms with Crippen molar-refractivity contribution in [3.05, 3.63) is 81.9 Å². The molecule has 166 valence electrons. The van der Waals surface area contributed by atoms with Gasteiger partial charge < -0.3 is 4.74 Å². The summed E-state index contributed by atoms with van der Waals surface area (Å²) in [5.41, 5.74) is 1.61. The molecule has 8 heteroatoms. The molecule has 0 N–H and O–H groups in total. The Kier molecular flexibility index (Phi) is 4.43. The zero-order valence-electron chi connectivity index (χ0n) is 17.6. The van der Waals surface area contributed by atoms with Gasteiger partial charge in [0.15, 0.2) is 0 Å². The number of benzene rings is 2. The standard InChI is InChI=1S/C25H21N3O5/c29-24-22-18-9-10-19(21-11-20(18)21)23(22)25(30)27(24)26-12-14-3-7-17(8-4-14)33-13-15-1-5-16(6-2-15)28(31)32/h1-10,12,18-23H,11,13H2/b26-12-/t18-,19-,20-,21-,22+,23+/m1/s1. The van der Waals surface area contributed by atoms with Crippen molar-refractivity contribution < 1.29 is 19.2 Å². The number of allylic oxidation sites excluding steroid dienone is 2. The normalized spacial score (nSPS) is 31.1. The van der Waals surface area contributed by atoms with Crippen molar-refractivity contribution in [1.82, 2.24) is 5.01 Å². The van der Waals surface area contributed by atoms with E-state index >= 15 is 0 Å². The van der Waals surface area contributed by atoms with Crippen molar-refractivity contribution in [3.8, 4) is 5.75 Å². The number of imide groups is 1. The zero-order chi connectivity index (χ0) is 22.7. The van der Waals surface area contributed by atoms with Gasteiger partial charge in [-0.25, -0.2) is 0 Å². The Balaban J connectivity index is 1.09. The molecule has 4 aliphatic carbocycles. The van der Waals surface area contributed by atoms with Crippen molar-refractivity contribution in [2.24, 2.45) is 40.6 Å². The van der Waals surface area contributed by atoms with Crippen LogP contribution in [0, 0.1) is 45.6 Å². The molecule has 0 radical (unpaired) electrons. The molecule has 0 unspecified atom stereocenters. The van der Waals surface area contributed by atoms with E-state index in [4.69, 9.17) is 4.74 Å². The van der Waals surface area contributed by atoms with Gasteiger partial charge in [0, 0.05) is 12.1 Å². The Morgan fingerprint density at radius 1 is 0.970 bits per heavy atom. The second kappa shape index (κ2) is 7.37.